The van der Waals surface area contributed by atoms with Gasteiger partial charge in [0.15, 0.2) is 6.19 Å². The molecule has 2 heterocycles. The van der Waals surface area contributed by atoms with Crippen LogP contribution in [0.4, 0.5) is 5.95 Å². The predicted molar refractivity (Wildman–Crippen MR) is 62.2 cm³/mol. The molecule has 0 unspecified atom stereocenters. The minimum absolute atomic E-state index is 0.793. The lowest BCUT2D eigenvalue weighted by Crippen LogP contribution is -2.21. The van der Waals surface area contributed by atoms with E-state index in [1.807, 2.05) is 24.3 Å². The average molecular weight is 212 g/mol. The maximum Gasteiger partial charge on any atom is 0.220 e. The fourth-order valence-corrected chi connectivity index (χ4v) is 2.24. The van der Waals surface area contributed by atoms with Crippen LogP contribution in [-0.4, -0.2) is 22.6 Å². The molecule has 0 spiro atoms. The third kappa shape index (κ3) is 1.25. The summed E-state index contributed by atoms with van der Waals surface area (Å²) in [5.74, 6) is 0.793. The highest BCUT2D eigenvalue weighted by molar-refractivity contribution is 5.79. The topological polar surface area (TPSA) is 44.9 Å². The molecular weight excluding hydrogens is 200 g/mol. The molecule has 0 amide bonds. The Balaban J connectivity index is 2.20. The summed E-state index contributed by atoms with van der Waals surface area (Å²) in [7, 11) is 0. The van der Waals surface area contributed by atoms with E-state index in [4.69, 9.17) is 0 Å². The monoisotopic (exact) mass is 212 g/mol. The van der Waals surface area contributed by atoms with Crippen LogP contribution in [0.1, 0.15) is 12.8 Å². The molecule has 1 fully saturated rings. The summed E-state index contributed by atoms with van der Waals surface area (Å²) in [6.07, 6.45) is 4.59. The van der Waals surface area contributed by atoms with Gasteiger partial charge in [-0.15, -0.1) is 0 Å². The molecule has 0 aliphatic carbocycles. The van der Waals surface area contributed by atoms with Gasteiger partial charge in [-0.2, -0.15) is 5.26 Å². The second-order valence-corrected chi connectivity index (χ2v) is 4.03. The van der Waals surface area contributed by atoms with Crippen molar-refractivity contribution in [2.45, 2.75) is 12.8 Å². The van der Waals surface area contributed by atoms with E-state index < -0.39 is 0 Å². The van der Waals surface area contributed by atoms with Gasteiger partial charge in [0.25, 0.3) is 0 Å². The van der Waals surface area contributed by atoms with Gasteiger partial charge in [0.05, 0.1) is 11.0 Å². The Morgan fingerprint density at radius 3 is 2.69 bits per heavy atom. The van der Waals surface area contributed by atoms with Gasteiger partial charge in [-0.3, -0.25) is 0 Å². The lowest BCUT2D eigenvalue weighted by Gasteiger charge is -2.14. The molecule has 1 aliphatic heterocycles. The number of hydrogen-bond acceptors (Lipinski definition) is 3. The Morgan fingerprint density at radius 2 is 1.94 bits per heavy atom. The minimum Gasteiger partial charge on any atom is -0.341 e. The second kappa shape index (κ2) is 3.53. The summed E-state index contributed by atoms with van der Waals surface area (Å²) >= 11 is 0. The van der Waals surface area contributed by atoms with E-state index in [-0.39, 0.29) is 0 Å². The minimum atomic E-state index is 0.793. The van der Waals surface area contributed by atoms with Crippen LogP contribution in [0.3, 0.4) is 0 Å². The molecule has 2 aromatic rings. The summed E-state index contributed by atoms with van der Waals surface area (Å²) < 4.78 is 1.63. The molecule has 0 radical (unpaired) electrons. The van der Waals surface area contributed by atoms with Crippen molar-refractivity contribution in [3.05, 3.63) is 24.3 Å². The van der Waals surface area contributed by atoms with Gasteiger partial charge in [0.1, 0.15) is 0 Å². The standard InChI is InChI=1S/C12H12N4/c13-9-16-11-6-2-1-5-10(11)14-12(16)15-7-3-4-8-15/h1-2,5-6H,3-4,7-8H2. The number of nitrogens with zero attached hydrogens (tertiary/aromatic N) is 4. The Hall–Kier alpha value is -2.02. The van der Waals surface area contributed by atoms with Crippen molar-refractivity contribution in [2.75, 3.05) is 18.0 Å². The number of aromatic nitrogens is 2. The zero-order valence-corrected chi connectivity index (χ0v) is 8.93. The quantitative estimate of drug-likeness (QED) is 0.726. The molecule has 1 aliphatic rings. The second-order valence-electron chi connectivity index (χ2n) is 4.03. The highest BCUT2D eigenvalue weighted by Gasteiger charge is 2.19. The molecule has 1 aromatic heterocycles. The van der Waals surface area contributed by atoms with Crippen LogP contribution >= 0.6 is 0 Å². The smallest absolute Gasteiger partial charge is 0.220 e. The normalized spacial score (nSPS) is 15.6. The lowest BCUT2D eigenvalue weighted by molar-refractivity contribution is 0.889. The third-order valence-corrected chi connectivity index (χ3v) is 3.03. The van der Waals surface area contributed by atoms with Gasteiger partial charge in [-0.05, 0) is 25.0 Å². The molecular formula is C12H12N4. The van der Waals surface area contributed by atoms with Crippen LogP contribution in [-0.2, 0) is 0 Å². The van der Waals surface area contributed by atoms with Crippen molar-refractivity contribution < 1.29 is 0 Å². The largest absolute Gasteiger partial charge is 0.341 e. The van der Waals surface area contributed by atoms with Crippen molar-refractivity contribution >= 4 is 17.0 Å². The first-order chi connectivity index (χ1) is 7.90. The molecule has 0 N–H and O–H groups in total. The maximum atomic E-state index is 9.21. The van der Waals surface area contributed by atoms with Gasteiger partial charge in [-0.25, -0.2) is 9.55 Å². The molecule has 4 nitrogen and oxygen atoms in total. The van der Waals surface area contributed by atoms with Gasteiger partial charge in [0.2, 0.25) is 5.95 Å². The van der Waals surface area contributed by atoms with E-state index in [0.717, 1.165) is 30.1 Å². The number of nitriles is 1. The Labute approximate surface area is 93.7 Å². The van der Waals surface area contributed by atoms with E-state index in [9.17, 15) is 5.26 Å². The molecule has 80 valence electrons. The van der Waals surface area contributed by atoms with E-state index in [1.165, 1.54) is 12.8 Å². The molecule has 3 rings (SSSR count). The lowest BCUT2D eigenvalue weighted by atomic mass is 10.3. The number of fused-ring (bicyclic) bond motifs is 1. The molecule has 16 heavy (non-hydrogen) atoms. The van der Waals surface area contributed by atoms with Crippen LogP contribution in [0, 0.1) is 11.5 Å². The van der Waals surface area contributed by atoms with Crippen molar-refractivity contribution in [3.63, 3.8) is 0 Å². The van der Waals surface area contributed by atoms with Gasteiger partial charge in [-0.1, -0.05) is 12.1 Å². The van der Waals surface area contributed by atoms with E-state index in [2.05, 4.69) is 16.1 Å². The molecule has 4 heteroatoms. The van der Waals surface area contributed by atoms with Crippen molar-refractivity contribution in [3.8, 4) is 6.19 Å². The zero-order chi connectivity index (χ0) is 11.0. The molecule has 1 aromatic carbocycles. The highest BCUT2D eigenvalue weighted by Crippen LogP contribution is 2.24. The van der Waals surface area contributed by atoms with Crippen molar-refractivity contribution in [1.82, 2.24) is 9.55 Å². The number of rotatable bonds is 1. The van der Waals surface area contributed by atoms with Crippen LogP contribution in [0.5, 0.6) is 0 Å². The SMILES string of the molecule is N#Cn1c(N2CCCC2)nc2ccccc21. The average Bonchev–Trinajstić information content (AvgIpc) is 2.95. The first-order valence-corrected chi connectivity index (χ1v) is 5.53. The van der Waals surface area contributed by atoms with E-state index in [1.54, 1.807) is 4.57 Å². The first kappa shape index (κ1) is 9.22. The Bertz CT molecular complexity index is 558. The number of imidazole rings is 1. The summed E-state index contributed by atoms with van der Waals surface area (Å²) in [5, 5.41) is 9.21. The summed E-state index contributed by atoms with van der Waals surface area (Å²) in [6.45, 7) is 2.01. The molecule has 0 atom stereocenters. The van der Waals surface area contributed by atoms with Crippen LogP contribution in [0.2, 0.25) is 0 Å². The number of hydrogen-bond donors (Lipinski definition) is 0. The first-order valence-electron chi connectivity index (χ1n) is 5.53. The number of benzene rings is 1. The summed E-state index contributed by atoms with van der Waals surface area (Å²) in [6, 6.07) is 7.77. The van der Waals surface area contributed by atoms with E-state index >= 15 is 0 Å². The molecule has 0 bridgehead atoms. The highest BCUT2D eigenvalue weighted by atomic mass is 15.3. The van der Waals surface area contributed by atoms with Crippen molar-refractivity contribution in [2.24, 2.45) is 0 Å². The van der Waals surface area contributed by atoms with Crippen molar-refractivity contribution in [1.29, 1.82) is 5.26 Å². The third-order valence-electron chi connectivity index (χ3n) is 3.03. The van der Waals surface area contributed by atoms with Gasteiger partial charge in [0, 0.05) is 13.1 Å². The Kier molecular flexibility index (Phi) is 2.03. The Morgan fingerprint density at radius 1 is 1.19 bits per heavy atom. The maximum absolute atomic E-state index is 9.21. The molecule has 0 saturated carbocycles. The van der Waals surface area contributed by atoms with Crippen LogP contribution < -0.4 is 4.90 Å². The van der Waals surface area contributed by atoms with Crippen LogP contribution in [0.15, 0.2) is 24.3 Å². The van der Waals surface area contributed by atoms with Gasteiger partial charge < -0.3 is 4.90 Å². The fraction of sp³-hybridized carbons (Fsp3) is 0.333. The van der Waals surface area contributed by atoms with E-state index in [0.29, 0.717) is 0 Å². The van der Waals surface area contributed by atoms with Crippen LogP contribution in [0.25, 0.3) is 11.0 Å². The number of anilines is 1. The predicted octanol–water partition coefficient (Wildman–Crippen LogP) is 1.97. The van der Waals surface area contributed by atoms with Gasteiger partial charge >= 0.3 is 0 Å². The summed E-state index contributed by atoms with van der Waals surface area (Å²) in [5.41, 5.74) is 1.79. The number of para-hydroxylation sites is 2. The molecule has 1 saturated heterocycles. The zero-order valence-electron chi connectivity index (χ0n) is 8.93. The summed E-state index contributed by atoms with van der Waals surface area (Å²) in [4.78, 5) is 6.72. The fourth-order valence-electron chi connectivity index (χ4n) is 2.24.